The Kier molecular flexibility index (Phi) is 11.6. The molecule has 2 atom stereocenters. The molecule has 122 valence electrons. The standard InChI is InChI=1S/C21H38/c1-3-5-7-9-11-13-16-20-18-15-19-21(20)17-14-12-10-8-6-4-2/h11,13-14,17,20-21H,3-10,12,15-16,18-19H2,1-2H3/t20-,21-/m0/s1. The lowest BCUT2D eigenvalue weighted by Gasteiger charge is -2.14. The van der Waals surface area contributed by atoms with Crippen LogP contribution in [0.2, 0.25) is 0 Å². The zero-order valence-electron chi connectivity index (χ0n) is 14.7. The molecule has 0 bridgehead atoms. The summed E-state index contributed by atoms with van der Waals surface area (Å²) in [4.78, 5) is 0. The van der Waals surface area contributed by atoms with Crippen LogP contribution < -0.4 is 0 Å². The number of hydrogen-bond acceptors (Lipinski definition) is 0. The minimum atomic E-state index is 0.872. The molecule has 1 rings (SSSR count). The molecule has 0 unspecified atom stereocenters. The largest absolute Gasteiger partial charge is 0.0885 e. The summed E-state index contributed by atoms with van der Waals surface area (Å²) in [5, 5.41) is 0. The molecule has 21 heavy (non-hydrogen) atoms. The lowest BCUT2D eigenvalue weighted by Crippen LogP contribution is -2.03. The van der Waals surface area contributed by atoms with Gasteiger partial charge in [-0.05, 0) is 56.8 Å². The molecule has 0 aromatic rings. The van der Waals surface area contributed by atoms with E-state index in [0.29, 0.717) is 0 Å². The SMILES string of the molecule is CCCCCC=CC[C@H]1CCC[C@@H]1C=CCCCCCC. The first-order valence-electron chi connectivity index (χ1n) is 9.70. The van der Waals surface area contributed by atoms with E-state index in [1.807, 2.05) is 0 Å². The monoisotopic (exact) mass is 290 g/mol. The van der Waals surface area contributed by atoms with Crippen LogP contribution in [-0.4, -0.2) is 0 Å². The van der Waals surface area contributed by atoms with Gasteiger partial charge in [0.25, 0.3) is 0 Å². The van der Waals surface area contributed by atoms with Gasteiger partial charge in [-0.15, -0.1) is 0 Å². The van der Waals surface area contributed by atoms with Crippen LogP contribution in [-0.2, 0) is 0 Å². The van der Waals surface area contributed by atoms with Gasteiger partial charge in [0.2, 0.25) is 0 Å². The van der Waals surface area contributed by atoms with Gasteiger partial charge in [-0.25, -0.2) is 0 Å². The predicted molar refractivity (Wildman–Crippen MR) is 96.6 cm³/mol. The summed E-state index contributed by atoms with van der Waals surface area (Å²) in [7, 11) is 0. The second kappa shape index (κ2) is 13.2. The van der Waals surface area contributed by atoms with Gasteiger partial charge in [-0.3, -0.25) is 0 Å². The Morgan fingerprint density at radius 2 is 1.48 bits per heavy atom. The van der Waals surface area contributed by atoms with E-state index in [2.05, 4.69) is 38.2 Å². The van der Waals surface area contributed by atoms with Gasteiger partial charge in [0.15, 0.2) is 0 Å². The maximum atomic E-state index is 2.55. The van der Waals surface area contributed by atoms with Crippen molar-refractivity contribution in [2.75, 3.05) is 0 Å². The summed E-state index contributed by atoms with van der Waals surface area (Å²) in [6.45, 7) is 4.57. The van der Waals surface area contributed by atoms with Crippen molar-refractivity contribution >= 4 is 0 Å². The van der Waals surface area contributed by atoms with E-state index in [4.69, 9.17) is 0 Å². The second-order valence-electron chi connectivity index (χ2n) is 6.84. The molecule has 0 heterocycles. The molecule has 0 N–H and O–H groups in total. The van der Waals surface area contributed by atoms with Gasteiger partial charge in [0, 0.05) is 0 Å². The van der Waals surface area contributed by atoms with Crippen molar-refractivity contribution in [1.29, 1.82) is 0 Å². The van der Waals surface area contributed by atoms with Crippen molar-refractivity contribution in [3.63, 3.8) is 0 Å². The highest BCUT2D eigenvalue weighted by molar-refractivity contribution is 4.97. The lowest BCUT2D eigenvalue weighted by molar-refractivity contribution is 0.462. The van der Waals surface area contributed by atoms with E-state index >= 15 is 0 Å². The maximum Gasteiger partial charge on any atom is -0.0202 e. The first kappa shape index (κ1) is 18.5. The molecule has 1 aliphatic rings. The quantitative estimate of drug-likeness (QED) is 0.258. The third-order valence-corrected chi connectivity index (χ3v) is 4.91. The summed E-state index contributed by atoms with van der Waals surface area (Å²) in [5.74, 6) is 1.80. The van der Waals surface area contributed by atoms with E-state index in [1.54, 1.807) is 0 Å². The first-order chi connectivity index (χ1) is 10.4. The topological polar surface area (TPSA) is 0 Å². The summed E-state index contributed by atoms with van der Waals surface area (Å²) in [6, 6.07) is 0. The Morgan fingerprint density at radius 3 is 2.29 bits per heavy atom. The van der Waals surface area contributed by atoms with Gasteiger partial charge in [-0.1, -0.05) is 76.7 Å². The molecule has 0 spiro atoms. The maximum absolute atomic E-state index is 2.55. The van der Waals surface area contributed by atoms with Crippen LogP contribution in [0.25, 0.3) is 0 Å². The van der Waals surface area contributed by atoms with E-state index in [-0.39, 0.29) is 0 Å². The van der Waals surface area contributed by atoms with Crippen LogP contribution in [0.15, 0.2) is 24.3 Å². The van der Waals surface area contributed by atoms with Gasteiger partial charge >= 0.3 is 0 Å². The number of unbranched alkanes of at least 4 members (excludes halogenated alkanes) is 7. The van der Waals surface area contributed by atoms with Crippen molar-refractivity contribution < 1.29 is 0 Å². The fourth-order valence-corrected chi connectivity index (χ4v) is 3.47. The summed E-state index contributed by atoms with van der Waals surface area (Å²) in [6.07, 6.45) is 27.8. The van der Waals surface area contributed by atoms with Crippen LogP contribution in [0.3, 0.4) is 0 Å². The first-order valence-corrected chi connectivity index (χ1v) is 9.70. The highest BCUT2D eigenvalue weighted by Crippen LogP contribution is 2.35. The fraction of sp³-hybridized carbons (Fsp3) is 0.810. The van der Waals surface area contributed by atoms with Crippen LogP contribution in [0.5, 0.6) is 0 Å². The third-order valence-electron chi connectivity index (χ3n) is 4.91. The van der Waals surface area contributed by atoms with Crippen LogP contribution in [0.4, 0.5) is 0 Å². The summed E-state index contributed by atoms with van der Waals surface area (Å²) >= 11 is 0. The van der Waals surface area contributed by atoms with Crippen LogP contribution >= 0.6 is 0 Å². The third kappa shape index (κ3) is 9.17. The van der Waals surface area contributed by atoms with E-state index < -0.39 is 0 Å². The number of allylic oxidation sites excluding steroid dienone is 4. The van der Waals surface area contributed by atoms with Gasteiger partial charge < -0.3 is 0 Å². The Hall–Kier alpha value is -0.520. The molecule has 0 saturated heterocycles. The van der Waals surface area contributed by atoms with Crippen LogP contribution in [0, 0.1) is 11.8 Å². The van der Waals surface area contributed by atoms with Crippen molar-refractivity contribution in [3.8, 4) is 0 Å². The predicted octanol–water partition coefficient (Wildman–Crippen LogP) is 7.46. The average Bonchev–Trinajstić information content (AvgIpc) is 2.94. The van der Waals surface area contributed by atoms with Crippen molar-refractivity contribution in [3.05, 3.63) is 24.3 Å². The molecule has 0 aliphatic heterocycles. The minimum Gasteiger partial charge on any atom is -0.0885 e. The summed E-state index contributed by atoms with van der Waals surface area (Å²) in [5.41, 5.74) is 0. The summed E-state index contributed by atoms with van der Waals surface area (Å²) < 4.78 is 0. The molecular weight excluding hydrogens is 252 g/mol. The van der Waals surface area contributed by atoms with Crippen LogP contribution in [0.1, 0.15) is 97.3 Å². The number of rotatable bonds is 12. The Morgan fingerprint density at radius 1 is 0.762 bits per heavy atom. The fourth-order valence-electron chi connectivity index (χ4n) is 3.47. The normalized spacial score (nSPS) is 22.8. The lowest BCUT2D eigenvalue weighted by atomic mass is 9.92. The van der Waals surface area contributed by atoms with Gasteiger partial charge in [0.05, 0.1) is 0 Å². The Bertz CT molecular complexity index is 274. The molecular formula is C21H38. The molecule has 0 radical (unpaired) electrons. The zero-order chi connectivity index (χ0) is 15.2. The second-order valence-corrected chi connectivity index (χ2v) is 6.84. The Labute approximate surface area is 134 Å². The zero-order valence-corrected chi connectivity index (χ0v) is 14.7. The Balaban J connectivity index is 2.14. The highest BCUT2D eigenvalue weighted by atomic mass is 14.3. The van der Waals surface area contributed by atoms with Gasteiger partial charge in [-0.2, -0.15) is 0 Å². The van der Waals surface area contributed by atoms with E-state index in [0.717, 1.165) is 11.8 Å². The van der Waals surface area contributed by atoms with Crippen molar-refractivity contribution in [2.24, 2.45) is 11.8 Å². The van der Waals surface area contributed by atoms with Crippen molar-refractivity contribution in [2.45, 2.75) is 97.3 Å². The molecule has 0 aromatic heterocycles. The molecule has 1 fully saturated rings. The minimum absolute atomic E-state index is 0.872. The molecule has 0 nitrogen and oxygen atoms in total. The molecule has 0 aromatic carbocycles. The molecule has 1 aliphatic carbocycles. The smallest absolute Gasteiger partial charge is 0.0202 e. The number of hydrogen-bond donors (Lipinski definition) is 0. The molecule has 1 saturated carbocycles. The van der Waals surface area contributed by atoms with Gasteiger partial charge in [0.1, 0.15) is 0 Å². The molecule has 0 heteroatoms. The highest BCUT2D eigenvalue weighted by Gasteiger charge is 2.23. The van der Waals surface area contributed by atoms with Crippen molar-refractivity contribution in [1.82, 2.24) is 0 Å². The average molecular weight is 291 g/mol. The molecule has 0 amide bonds. The van der Waals surface area contributed by atoms with E-state index in [1.165, 1.54) is 83.5 Å². The van der Waals surface area contributed by atoms with E-state index in [9.17, 15) is 0 Å².